The molecule has 0 radical (unpaired) electrons. The summed E-state index contributed by atoms with van der Waals surface area (Å²) in [5, 5.41) is 9.96. The topological polar surface area (TPSA) is 50.7 Å². The van der Waals surface area contributed by atoms with Crippen LogP contribution in [0.4, 0.5) is 0 Å². The van der Waals surface area contributed by atoms with Crippen molar-refractivity contribution >= 4 is 16.7 Å². The summed E-state index contributed by atoms with van der Waals surface area (Å²) in [7, 11) is 1.89. The predicted octanol–water partition coefficient (Wildman–Crippen LogP) is 2.73. The van der Waals surface area contributed by atoms with Crippen molar-refractivity contribution in [1.82, 2.24) is 9.13 Å². The number of Topliss-reactive ketones (excluding diaryl/α,β-unsaturated/α-hetero) is 1. The quantitative estimate of drug-likeness (QED) is 0.682. The number of carbonyl (C=O) groups is 1. The lowest BCUT2D eigenvalue weighted by atomic mass is 10.1. The summed E-state index contributed by atoms with van der Waals surface area (Å²) in [5.74, 6) is 0.0606. The first-order valence-corrected chi connectivity index (χ1v) is 6.32. The Morgan fingerprint density at radius 3 is 2.80 bits per heavy atom. The fraction of sp³-hybridized carbons (Fsp3) is 0.125. The van der Waals surface area contributed by atoms with Crippen LogP contribution in [0.1, 0.15) is 15.9 Å². The number of carbonyl (C=O) groups excluding carboxylic acids is 1. The largest absolute Gasteiger partial charge is 0.357 e. The number of hydrogen-bond donors (Lipinski definition) is 0. The van der Waals surface area contributed by atoms with Gasteiger partial charge in [0, 0.05) is 42.1 Å². The van der Waals surface area contributed by atoms with Crippen LogP contribution in [-0.4, -0.2) is 14.9 Å². The molecule has 2 heterocycles. The normalized spacial score (nSPS) is 10.6. The molecule has 4 nitrogen and oxygen atoms in total. The molecule has 0 fully saturated rings. The van der Waals surface area contributed by atoms with Gasteiger partial charge in [0.25, 0.3) is 0 Å². The molecule has 20 heavy (non-hydrogen) atoms. The number of nitriles is 1. The molecule has 0 amide bonds. The molecule has 2 aromatic heterocycles. The lowest BCUT2D eigenvalue weighted by Crippen LogP contribution is -2.08. The molecule has 98 valence electrons. The Morgan fingerprint density at radius 2 is 2.10 bits per heavy atom. The minimum Gasteiger partial charge on any atom is -0.357 e. The summed E-state index contributed by atoms with van der Waals surface area (Å²) in [6.45, 7) is 0.280. The number of ketones is 1. The van der Waals surface area contributed by atoms with Gasteiger partial charge in [0.2, 0.25) is 0 Å². The standard InChI is InChI=1S/C16H13N3O/c1-18-7-5-13(10-18)16(20)11-19-8-6-14-12(9-17)3-2-4-15(14)19/h2-8,10H,11H2,1H3. The van der Waals surface area contributed by atoms with Gasteiger partial charge in [-0.15, -0.1) is 0 Å². The van der Waals surface area contributed by atoms with Crippen molar-refractivity contribution in [3.05, 3.63) is 60.0 Å². The second-order valence-electron chi connectivity index (χ2n) is 4.78. The van der Waals surface area contributed by atoms with Crippen LogP contribution in [0, 0.1) is 11.3 Å². The number of benzene rings is 1. The van der Waals surface area contributed by atoms with E-state index >= 15 is 0 Å². The minimum atomic E-state index is 0.0606. The van der Waals surface area contributed by atoms with Crippen LogP contribution in [0.2, 0.25) is 0 Å². The minimum absolute atomic E-state index is 0.0606. The Morgan fingerprint density at radius 1 is 1.25 bits per heavy atom. The van der Waals surface area contributed by atoms with E-state index in [2.05, 4.69) is 6.07 Å². The maximum Gasteiger partial charge on any atom is 0.184 e. The van der Waals surface area contributed by atoms with E-state index in [0.717, 1.165) is 10.9 Å². The summed E-state index contributed by atoms with van der Waals surface area (Å²) in [5.41, 5.74) is 2.24. The van der Waals surface area contributed by atoms with Gasteiger partial charge in [0.1, 0.15) is 0 Å². The van der Waals surface area contributed by atoms with Gasteiger partial charge in [-0.2, -0.15) is 5.26 Å². The van der Waals surface area contributed by atoms with Crippen LogP contribution >= 0.6 is 0 Å². The third-order valence-electron chi connectivity index (χ3n) is 3.40. The predicted molar refractivity (Wildman–Crippen MR) is 76.4 cm³/mol. The molecule has 0 aliphatic heterocycles. The van der Waals surface area contributed by atoms with Crippen LogP contribution in [-0.2, 0) is 13.6 Å². The average molecular weight is 263 g/mol. The number of rotatable bonds is 3. The van der Waals surface area contributed by atoms with E-state index in [1.54, 1.807) is 6.07 Å². The van der Waals surface area contributed by atoms with Gasteiger partial charge < -0.3 is 9.13 Å². The van der Waals surface area contributed by atoms with Crippen molar-refractivity contribution in [3.63, 3.8) is 0 Å². The Kier molecular flexibility index (Phi) is 2.88. The Labute approximate surface area is 116 Å². The van der Waals surface area contributed by atoms with Crippen molar-refractivity contribution in [2.75, 3.05) is 0 Å². The van der Waals surface area contributed by atoms with E-state index in [4.69, 9.17) is 5.26 Å². The second kappa shape index (κ2) is 4.71. The summed E-state index contributed by atoms with van der Waals surface area (Å²) >= 11 is 0. The maximum absolute atomic E-state index is 12.2. The molecule has 4 heteroatoms. The van der Waals surface area contributed by atoms with E-state index < -0.39 is 0 Å². The number of aromatic nitrogens is 2. The van der Waals surface area contributed by atoms with Gasteiger partial charge in [-0.25, -0.2) is 0 Å². The highest BCUT2D eigenvalue weighted by Gasteiger charge is 2.11. The number of hydrogen-bond acceptors (Lipinski definition) is 2. The molecule has 0 atom stereocenters. The highest BCUT2D eigenvalue weighted by molar-refractivity contribution is 5.97. The van der Waals surface area contributed by atoms with Gasteiger partial charge in [0.05, 0.1) is 18.2 Å². The van der Waals surface area contributed by atoms with Crippen LogP contribution in [0.25, 0.3) is 10.9 Å². The van der Waals surface area contributed by atoms with Crippen molar-refractivity contribution < 1.29 is 4.79 Å². The molecule has 0 saturated carbocycles. The van der Waals surface area contributed by atoms with Crippen LogP contribution < -0.4 is 0 Å². The number of aryl methyl sites for hydroxylation is 1. The van der Waals surface area contributed by atoms with E-state index in [1.165, 1.54) is 0 Å². The first-order chi connectivity index (χ1) is 9.69. The van der Waals surface area contributed by atoms with Crippen LogP contribution in [0.15, 0.2) is 48.9 Å². The third kappa shape index (κ3) is 1.99. The zero-order valence-electron chi connectivity index (χ0n) is 11.1. The maximum atomic E-state index is 12.2. The van der Waals surface area contributed by atoms with E-state index in [9.17, 15) is 4.79 Å². The molecule has 0 bridgehead atoms. The highest BCUT2D eigenvalue weighted by atomic mass is 16.1. The van der Waals surface area contributed by atoms with Gasteiger partial charge >= 0.3 is 0 Å². The molecule has 3 aromatic rings. The van der Waals surface area contributed by atoms with E-state index in [1.807, 2.05) is 59.0 Å². The molecule has 0 aliphatic carbocycles. The summed E-state index contributed by atoms with van der Waals surface area (Å²) in [6.07, 6.45) is 5.52. The first kappa shape index (κ1) is 12.2. The Balaban J connectivity index is 1.96. The lowest BCUT2D eigenvalue weighted by molar-refractivity contribution is 0.0973. The second-order valence-corrected chi connectivity index (χ2v) is 4.78. The van der Waals surface area contributed by atoms with Gasteiger partial charge in [-0.3, -0.25) is 4.79 Å². The van der Waals surface area contributed by atoms with Crippen LogP contribution in [0.3, 0.4) is 0 Å². The molecule has 0 spiro atoms. The first-order valence-electron chi connectivity index (χ1n) is 6.32. The molecular formula is C16H13N3O. The fourth-order valence-corrected chi connectivity index (χ4v) is 2.37. The monoisotopic (exact) mass is 263 g/mol. The SMILES string of the molecule is Cn1ccc(C(=O)Cn2ccc3c(C#N)cccc32)c1. The molecule has 0 saturated heterocycles. The molecular weight excluding hydrogens is 250 g/mol. The fourth-order valence-electron chi connectivity index (χ4n) is 2.37. The molecule has 0 aliphatic rings. The van der Waals surface area contributed by atoms with Gasteiger partial charge in [-0.1, -0.05) is 6.07 Å². The zero-order chi connectivity index (χ0) is 14.1. The molecule has 0 unspecified atom stereocenters. The smallest absolute Gasteiger partial charge is 0.184 e. The molecule has 1 aromatic carbocycles. The zero-order valence-corrected chi connectivity index (χ0v) is 11.1. The van der Waals surface area contributed by atoms with Crippen molar-refractivity contribution in [2.45, 2.75) is 6.54 Å². The summed E-state index contributed by atoms with van der Waals surface area (Å²) in [6, 6.07) is 11.4. The number of nitrogens with zero attached hydrogens (tertiary/aromatic N) is 3. The lowest BCUT2D eigenvalue weighted by Gasteiger charge is -2.04. The summed E-state index contributed by atoms with van der Waals surface area (Å²) in [4.78, 5) is 12.2. The van der Waals surface area contributed by atoms with Crippen molar-refractivity contribution in [3.8, 4) is 6.07 Å². The Hall–Kier alpha value is -2.80. The highest BCUT2D eigenvalue weighted by Crippen LogP contribution is 2.20. The van der Waals surface area contributed by atoms with Crippen LogP contribution in [0.5, 0.6) is 0 Å². The van der Waals surface area contributed by atoms with Gasteiger partial charge in [-0.05, 0) is 24.3 Å². The third-order valence-corrected chi connectivity index (χ3v) is 3.40. The summed E-state index contributed by atoms with van der Waals surface area (Å²) < 4.78 is 3.74. The molecule has 3 rings (SSSR count). The molecule has 0 N–H and O–H groups in total. The Bertz CT molecular complexity index is 833. The van der Waals surface area contributed by atoms with Crippen molar-refractivity contribution in [1.29, 1.82) is 5.26 Å². The number of fused-ring (bicyclic) bond motifs is 1. The van der Waals surface area contributed by atoms with E-state index in [-0.39, 0.29) is 12.3 Å². The average Bonchev–Trinajstić information content (AvgIpc) is 3.05. The van der Waals surface area contributed by atoms with Gasteiger partial charge in [0.15, 0.2) is 5.78 Å². The van der Waals surface area contributed by atoms with E-state index in [0.29, 0.717) is 11.1 Å². The van der Waals surface area contributed by atoms with Crippen molar-refractivity contribution in [2.24, 2.45) is 7.05 Å².